The Labute approximate surface area is 229 Å². The molecule has 38 heavy (non-hydrogen) atoms. The maximum Gasteiger partial charge on any atom is 0.133 e. The van der Waals surface area contributed by atoms with E-state index in [-0.39, 0.29) is 0 Å². The minimum atomic E-state index is 0.393. The number of fused-ring (bicyclic) bond motifs is 1. The highest BCUT2D eigenvalue weighted by atomic mass is 15.3. The monoisotopic (exact) mass is 514 g/mol. The van der Waals surface area contributed by atoms with Gasteiger partial charge in [-0.15, -0.1) is 0 Å². The molecule has 1 unspecified atom stereocenters. The zero-order valence-corrected chi connectivity index (χ0v) is 23.8. The molecule has 0 spiro atoms. The van der Waals surface area contributed by atoms with Crippen molar-refractivity contribution in [3.8, 4) is 0 Å². The lowest BCUT2D eigenvalue weighted by atomic mass is 9.85. The molecule has 2 N–H and O–H groups in total. The third-order valence-electron chi connectivity index (χ3n) is 9.65. The molecule has 3 aliphatic heterocycles. The van der Waals surface area contributed by atoms with Gasteiger partial charge >= 0.3 is 0 Å². The van der Waals surface area contributed by atoms with Gasteiger partial charge in [-0.05, 0) is 81.0 Å². The Morgan fingerprint density at radius 2 is 1.74 bits per heavy atom. The number of likely N-dealkylation sites (N-methyl/N-ethyl adjacent to an activating group) is 1. The second-order valence-corrected chi connectivity index (χ2v) is 12.2. The van der Waals surface area contributed by atoms with Crippen LogP contribution in [0.15, 0.2) is 36.5 Å². The predicted molar refractivity (Wildman–Crippen MR) is 159 cm³/mol. The van der Waals surface area contributed by atoms with Crippen molar-refractivity contribution in [3.05, 3.63) is 58.8 Å². The van der Waals surface area contributed by atoms with Crippen LogP contribution >= 0.6 is 0 Å². The minimum absolute atomic E-state index is 0.393. The van der Waals surface area contributed by atoms with Gasteiger partial charge in [0.1, 0.15) is 11.6 Å². The van der Waals surface area contributed by atoms with Crippen molar-refractivity contribution in [2.45, 2.75) is 70.9 Å². The highest BCUT2D eigenvalue weighted by Crippen LogP contribution is 2.40. The summed E-state index contributed by atoms with van der Waals surface area (Å²) in [6.45, 7) is 16.4. The van der Waals surface area contributed by atoms with E-state index in [1.54, 1.807) is 0 Å². The van der Waals surface area contributed by atoms with Crippen LogP contribution in [-0.2, 0) is 19.4 Å². The number of aromatic nitrogens is 1. The van der Waals surface area contributed by atoms with Gasteiger partial charge in [-0.1, -0.05) is 31.7 Å². The smallest absolute Gasteiger partial charge is 0.133 e. The number of nitrogen functional groups attached to an aromatic ring is 1. The lowest BCUT2D eigenvalue weighted by molar-refractivity contribution is 0.253. The second kappa shape index (κ2) is 10.4. The molecular formula is C32H46N6. The molecule has 2 aromatic rings. The van der Waals surface area contributed by atoms with Crippen LogP contribution in [-0.4, -0.2) is 67.1 Å². The zero-order chi connectivity index (χ0) is 26.4. The Hall–Kier alpha value is -2.73. The van der Waals surface area contributed by atoms with E-state index >= 15 is 0 Å². The Morgan fingerprint density at radius 1 is 1.00 bits per heavy atom. The van der Waals surface area contributed by atoms with Crippen molar-refractivity contribution < 1.29 is 0 Å². The van der Waals surface area contributed by atoms with Crippen LogP contribution in [0.3, 0.4) is 0 Å². The summed E-state index contributed by atoms with van der Waals surface area (Å²) >= 11 is 0. The van der Waals surface area contributed by atoms with Gasteiger partial charge in [0.25, 0.3) is 0 Å². The quantitative estimate of drug-likeness (QED) is 0.583. The predicted octanol–water partition coefficient (Wildman–Crippen LogP) is 5.03. The zero-order valence-electron chi connectivity index (χ0n) is 23.8. The molecule has 1 aromatic carbocycles. The fourth-order valence-electron chi connectivity index (χ4n) is 6.90. The fourth-order valence-corrected chi connectivity index (χ4v) is 6.90. The van der Waals surface area contributed by atoms with E-state index in [1.807, 2.05) is 0 Å². The number of anilines is 3. The lowest BCUT2D eigenvalue weighted by Crippen LogP contribution is -2.45. The SMILES string of the molecule is C=C(C1CC1)N1CCC(c2ccc3c(c2)CN(c2cc(N4CCN(C)CC4)c(CC)c(N)n2)C(C)C3)CC1. The molecule has 0 bridgehead atoms. The topological polar surface area (TPSA) is 51.9 Å². The highest BCUT2D eigenvalue weighted by molar-refractivity contribution is 5.68. The largest absolute Gasteiger partial charge is 0.383 e. The molecule has 1 aromatic heterocycles. The summed E-state index contributed by atoms with van der Waals surface area (Å²) < 4.78 is 0. The minimum Gasteiger partial charge on any atom is -0.383 e. The van der Waals surface area contributed by atoms with Gasteiger partial charge in [0, 0.05) is 74.9 Å². The van der Waals surface area contributed by atoms with Gasteiger partial charge in [0.2, 0.25) is 0 Å². The number of hydrogen-bond acceptors (Lipinski definition) is 6. The van der Waals surface area contributed by atoms with E-state index in [1.165, 1.54) is 59.3 Å². The number of nitrogens with zero attached hydrogens (tertiary/aromatic N) is 5. The Bertz CT molecular complexity index is 1170. The van der Waals surface area contributed by atoms with E-state index in [2.05, 4.69) is 71.3 Å². The Kier molecular flexibility index (Phi) is 7.02. The average Bonchev–Trinajstić information content (AvgIpc) is 3.78. The number of likely N-dealkylation sites (tertiary alicyclic amines) is 1. The normalized spacial score (nSPS) is 23.0. The highest BCUT2D eigenvalue weighted by Gasteiger charge is 2.32. The van der Waals surface area contributed by atoms with Crippen molar-refractivity contribution in [2.75, 3.05) is 61.8 Å². The number of nitrogens with two attached hydrogens (primary N) is 1. The lowest BCUT2D eigenvalue weighted by Gasteiger charge is -2.39. The maximum absolute atomic E-state index is 6.60. The molecule has 1 saturated carbocycles. The summed E-state index contributed by atoms with van der Waals surface area (Å²) in [6, 6.07) is 10.1. The molecule has 204 valence electrons. The number of rotatable bonds is 6. The molecule has 1 atom stereocenters. The first-order chi connectivity index (χ1) is 18.4. The van der Waals surface area contributed by atoms with Gasteiger partial charge in [-0.2, -0.15) is 0 Å². The number of pyridine rings is 1. The summed E-state index contributed by atoms with van der Waals surface area (Å²) in [5.41, 5.74) is 15.0. The Balaban J connectivity index is 1.21. The third-order valence-corrected chi connectivity index (χ3v) is 9.65. The van der Waals surface area contributed by atoms with Gasteiger partial charge in [0.05, 0.1) is 0 Å². The Morgan fingerprint density at radius 3 is 2.42 bits per heavy atom. The fraction of sp³-hybridized carbons (Fsp3) is 0.594. The van der Waals surface area contributed by atoms with Crippen LogP contribution in [0.25, 0.3) is 0 Å². The van der Waals surface area contributed by atoms with Gasteiger partial charge in [-0.3, -0.25) is 0 Å². The number of allylic oxidation sites excluding steroid dienone is 1. The molecule has 6 heteroatoms. The molecule has 4 aliphatic rings. The molecular weight excluding hydrogens is 468 g/mol. The standard InChI is InChI=1S/C32H46N6/c1-5-29-30(37-16-14-35(4)15-17-37)20-31(34-32(29)33)38-21-28-19-27(9-8-26(28)18-22(38)2)25-10-12-36(13-11-25)23(3)24-6-7-24/h8-9,19-20,22,24-25H,3,5-7,10-18,21H2,1-2,4H3,(H2,33,34). The molecule has 6 nitrogen and oxygen atoms in total. The van der Waals surface area contributed by atoms with Crippen molar-refractivity contribution in [2.24, 2.45) is 5.92 Å². The van der Waals surface area contributed by atoms with Crippen molar-refractivity contribution >= 4 is 17.3 Å². The van der Waals surface area contributed by atoms with Crippen LogP contribution in [0, 0.1) is 5.92 Å². The second-order valence-electron chi connectivity index (χ2n) is 12.2. The van der Waals surface area contributed by atoms with Crippen LogP contribution < -0.4 is 15.5 Å². The van der Waals surface area contributed by atoms with Gasteiger partial charge < -0.3 is 25.3 Å². The molecule has 2 saturated heterocycles. The van der Waals surface area contributed by atoms with E-state index in [0.29, 0.717) is 17.8 Å². The first-order valence-electron chi connectivity index (χ1n) is 15.0. The first-order valence-corrected chi connectivity index (χ1v) is 15.0. The first kappa shape index (κ1) is 25.5. The molecule has 0 amide bonds. The summed E-state index contributed by atoms with van der Waals surface area (Å²) in [6.07, 6.45) is 7.12. The van der Waals surface area contributed by atoms with Crippen LogP contribution in [0.4, 0.5) is 17.3 Å². The number of hydrogen-bond donors (Lipinski definition) is 1. The molecule has 3 fully saturated rings. The van der Waals surface area contributed by atoms with Crippen molar-refractivity contribution in [3.63, 3.8) is 0 Å². The third kappa shape index (κ3) is 5.00. The van der Waals surface area contributed by atoms with Gasteiger partial charge in [0.15, 0.2) is 0 Å². The van der Waals surface area contributed by atoms with Crippen molar-refractivity contribution in [1.82, 2.24) is 14.8 Å². The van der Waals surface area contributed by atoms with Crippen molar-refractivity contribution in [1.29, 1.82) is 0 Å². The summed E-state index contributed by atoms with van der Waals surface area (Å²) in [4.78, 5) is 14.9. The van der Waals surface area contributed by atoms with E-state index in [0.717, 1.165) is 70.4 Å². The number of benzene rings is 1. The summed E-state index contributed by atoms with van der Waals surface area (Å²) in [5, 5.41) is 0. The van der Waals surface area contributed by atoms with Crippen LogP contribution in [0.2, 0.25) is 0 Å². The molecule has 6 rings (SSSR count). The van der Waals surface area contributed by atoms with E-state index < -0.39 is 0 Å². The van der Waals surface area contributed by atoms with Crippen LogP contribution in [0.1, 0.15) is 67.7 Å². The number of piperidine rings is 1. The van der Waals surface area contributed by atoms with Gasteiger partial charge in [-0.25, -0.2) is 4.98 Å². The average molecular weight is 515 g/mol. The molecule has 0 radical (unpaired) electrons. The molecule has 4 heterocycles. The maximum atomic E-state index is 6.60. The van der Waals surface area contributed by atoms with E-state index in [4.69, 9.17) is 10.7 Å². The van der Waals surface area contributed by atoms with E-state index in [9.17, 15) is 0 Å². The summed E-state index contributed by atoms with van der Waals surface area (Å²) in [7, 11) is 2.21. The molecule has 1 aliphatic carbocycles. The summed E-state index contributed by atoms with van der Waals surface area (Å²) in [5.74, 6) is 3.15. The van der Waals surface area contributed by atoms with Crippen LogP contribution in [0.5, 0.6) is 0 Å². The number of piperazine rings is 1.